The van der Waals surface area contributed by atoms with Crippen LogP contribution < -0.4 is 5.32 Å². The third-order valence-electron chi connectivity index (χ3n) is 4.37. The zero-order valence-corrected chi connectivity index (χ0v) is 17.7. The van der Waals surface area contributed by atoms with E-state index >= 15 is 0 Å². The fourth-order valence-electron chi connectivity index (χ4n) is 3.01. The summed E-state index contributed by atoms with van der Waals surface area (Å²) in [6.07, 6.45) is 0.566. The molecule has 5 nitrogen and oxygen atoms in total. The standard InChI is InChI=1S/C22H35NO4/c1-15(2)13-18(21(25)27-22(4,5)6)19(20(24)26-7)14-23-16(3)17-11-9-8-10-12-17/h8-12,15-16,18-19,23H,13-14H2,1-7H3/t16-,18+,19-/m0/s1. The molecule has 1 rings (SSSR count). The van der Waals surface area contributed by atoms with Gasteiger partial charge in [0.2, 0.25) is 0 Å². The Kier molecular flexibility index (Phi) is 8.97. The number of nitrogens with one attached hydrogen (secondary N) is 1. The first kappa shape index (κ1) is 23.2. The van der Waals surface area contributed by atoms with Gasteiger partial charge in [-0.3, -0.25) is 9.59 Å². The first-order valence-electron chi connectivity index (χ1n) is 9.64. The highest BCUT2D eigenvalue weighted by atomic mass is 16.6. The van der Waals surface area contributed by atoms with E-state index in [0.29, 0.717) is 13.0 Å². The SMILES string of the molecule is COC(=O)[C@@H](CN[C@@H](C)c1ccccc1)[C@@H](CC(C)C)C(=O)OC(C)(C)C. The third-order valence-corrected chi connectivity index (χ3v) is 4.37. The van der Waals surface area contributed by atoms with Crippen LogP contribution in [0.2, 0.25) is 0 Å². The van der Waals surface area contributed by atoms with E-state index in [-0.39, 0.29) is 23.9 Å². The van der Waals surface area contributed by atoms with Gasteiger partial charge in [0.15, 0.2) is 0 Å². The second-order valence-corrected chi connectivity index (χ2v) is 8.44. The molecule has 0 bridgehead atoms. The maximum absolute atomic E-state index is 12.8. The summed E-state index contributed by atoms with van der Waals surface area (Å²) >= 11 is 0. The Hall–Kier alpha value is -1.88. The Morgan fingerprint density at radius 2 is 1.59 bits per heavy atom. The minimum absolute atomic E-state index is 0.0525. The highest BCUT2D eigenvalue weighted by molar-refractivity contribution is 5.82. The number of benzene rings is 1. The van der Waals surface area contributed by atoms with Crippen molar-refractivity contribution in [1.29, 1.82) is 0 Å². The van der Waals surface area contributed by atoms with E-state index in [2.05, 4.69) is 5.32 Å². The minimum atomic E-state index is -0.599. The summed E-state index contributed by atoms with van der Waals surface area (Å²) in [5, 5.41) is 3.38. The molecular formula is C22H35NO4. The molecular weight excluding hydrogens is 342 g/mol. The van der Waals surface area contributed by atoms with Gasteiger partial charge in [0, 0.05) is 12.6 Å². The van der Waals surface area contributed by atoms with Crippen LogP contribution in [0.25, 0.3) is 0 Å². The van der Waals surface area contributed by atoms with Gasteiger partial charge in [-0.1, -0.05) is 44.2 Å². The Morgan fingerprint density at radius 3 is 2.07 bits per heavy atom. The predicted octanol–water partition coefficient (Wildman–Crippen LogP) is 4.13. The fourth-order valence-corrected chi connectivity index (χ4v) is 3.01. The monoisotopic (exact) mass is 377 g/mol. The van der Waals surface area contributed by atoms with Crippen LogP contribution in [0.1, 0.15) is 59.6 Å². The van der Waals surface area contributed by atoms with Gasteiger partial charge < -0.3 is 14.8 Å². The van der Waals surface area contributed by atoms with Crippen LogP contribution in [0.3, 0.4) is 0 Å². The quantitative estimate of drug-likeness (QED) is 0.656. The second-order valence-electron chi connectivity index (χ2n) is 8.44. The van der Waals surface area contributed by atoms with Crippen LogP contribution in [0.15, 0.2) is 30.3 Å². The van der Waals surface area contributed by atoms with E-state index in [1.165, 1.54) is 7.11 Å². The van der Waals surface area contributed by atoms with Crippen LogP contribution >= 0.6 is 0 Å². The maximum atomic E-state index is 12.8. The van der Waals surface area contributed by atoms with Crippen LogP contribution in [0.5, 0.6) is 0 Å². The summed E-state index contributed by atoms with van der Waals surface area (Å²) in [6.45, 7) is 12.0. The van der Waals surface area contributed by atoms with Crippen LogP contribution in [0.4, 0.5) is 0 Å². The Labute approximate surface area is 163 Å². The maximum Gasteiger partial charge on any atom is 0.310 e. The van der Waals surface area contributed by atoms with Crippen LogP contribution in [0, 0.1) is 17.8 Å². The van der Waals surface area contributed by atoms with Crippen molar-refractivity contribution in [3.8, 4) is 0 Å². The zero-order valence-electron chi connectivity index (χ0n) is 17.7. The lowest BCUT2D eigenvalue weighted by Crippen LogP contribution is -2.42. The molecule has 1 aromatic rings. The molecule has 0 unspecified atom stereocenters. The Bertz CT molecular complexity index is 592. The van der Waals surface area contributed by atoms with Crippen molar-refractivity contribution in [3.05, 3.63) is 35.9 Å². The van der Waals surface area contributed by atoms with E-state index in [9.17, 15) is 9.59 Å². The predicted molar refractivity (Wildman–Crippen MR) is 107 cm³/mol. The molecule has 0 saturated carbocycles. The van der Waals surface area contributed by atoms with Crippen molar-refractivity contribution in [2.24, 2.45) is 17.8 Å². The van der Waals surface area contributed by atoms with Gasteiger partial charge in [0.1, 0.15) is 5.60 Å². The zero-order chi connectivity index (χ0) is 20.6. The summed E-state index contributed by atoms with van der Waals surface area (Å²) in [5.41, 5.74) is 0.524. The molecule has 0 aliphatic carbocycles. The van der Waals surface area contributed by atoms with Crippen LogP contribution in [-0.4, -0.2) is 31.2 Å². The van der Waals surface area contributed by atoms with Crippen molar-refractivity contribution in [2.75, 3.05) is 13.7 Å². The van der Waals surface area contributed by atoms with Gasteiger partial charge in [-0.2, -0.15) is 0 Å². The van der Waals surface area contributed by atoms with E-state index in [1.807, 2.05) is 71.9 Å². The molecule has 0 radical (unpaired) electrons. The topological polar surface area (TPSA) is 64.6 Å². The first-order chi connectivity index (χ1) is 12.5. The molecule has 1 N–H and O–H groups in total. The summed E-state index contributed by atoms with van der Waals surface area (Å²) in [7, 11) is 1.36. The number of hydrogen-bond donors (Lipinski definition) is 1. The summed E-state index contributed by atoms with van der Waals surface area (Å²) in [5.74, 6) is -1.63. The van der Waals surface area contributed by atoms with Crippen molar-refractivity contribution < 1.29 is 19.1 Å². The summed E-state index contributed by atoms with van der Waals surface area (Å²) in [6, 6.07) is 10.0. The van der Waals surface area contributed by atoms with Gasteiger partial charge in [-0.05, 0) is 45.6 Å². The van der Waals surface area contributed by atoms with E-state index in [4.69, 9.17) is 9.47 Å². The fraction of sp³-hybridized carbons (Fsp3) is 0.636. The summed E-state index contributed by atoms with van der Waals surface area (Å²) in [4.78, 5) is 25.3. The van der Waals surface area contributed by atoms with E-state index < -0.39 is 17.4 Å². The van der Waals surface area contributed by atoms with Crippen molar-refractivity contribution in [3.63, 3.8) is 0 Å². The molecule has 0 amide bonds. The molecule has 0 heterocycles. The molecule has 5 heteroatoms. The van der Waals surface area contributed by atoms with Gasteiger partial charge >= 0.3 is 11.9 Å². The molecule has 0 aliphatic heterocycles. The number of carbonyl (C=O) groups is 2. The molecule has 3 atom stereocenters. The lowest BCUT2D eigenvalue weighted by atomic mass is 9.84. The minimum Gasteiger partial charge on any atom is -0.469 e. The molecule has 27 heavy (non-hydrogen) atoms. The van der Waals surface area contributed by atoms with E-state index in [1.54, 1.807) is 0 Å². The lowest BCUT2D eigenvalue weighted by Gasteiger charge is -2.30. The highest BCUT2D eigenvalue weighted by Crippen LogP contribution is 2.26. The lowest BCUT2D eigenvalue weighted by molar-refractivity contribution is -0.168. The molecule has 0 saturated heterocycles. The first-order valence-corrected chi connectivity index (χ1v) is 9.64. The number of hydrogen-bond acceptors (Lipinski definition) is 5. The average Bonchev–Trinajstić information content (AvgIpc) is 2.59. The summed E-state index contributed by atoms with van der Waals surface area (Å²) < 4.78 is 10.6. The van der Waals surface area contributed by atoms with Crippen LogP contribution in [-0.2, 0) is 19.1 Å². The molecule has 0 fully saturated rings. The van der Waals surface area contributed by atoms with Gasteiger partial charge in [-0.25, -0.2) is 0 Å². The van der Waals surface area contributed by atoms with E-state index in [0.717, 1.165) is 5.56 Å². The molecule has 0 aromatic heterocycles. The number of carbonyl (C=O) groups excluding carboxylic acids is 2. The second kappa shape index (κ2) is 10.5. The van der Waals surface area contributed by atoms with Crippen molar-refractivity contribution >= 4 is 11.9 Å². The molecule has 0 aliphatic rings. The van der Waals surface area contributed by atoms with Gasteiger partial charge in [0.05, 0.1) is 18.9 Å². The third kappa shape index (κ3) is 8.12. The van der Waals surface area contributed by atoms with Gasteiger partial charge in [-0.15, -0.1) is 0 Å². The largest absolute Gasteiger partial charge is 0.469 e. The normalized spacial score (nSPS) is 15.1. The number of esters is 2. The number of methoxy groups -OCH3 is 1. The van der Waals surface area contributed by atoms with Gasteiger partial charge in [0.25, 0.3) is 0 Å². The Balaban J connectivity index is 2.97. The number of ether oxygens (including phenoxy) is 2. The molecule has 152 valence electrons. The average molecular weight is 378 g/mol. The molecule has 0 spiro atoms. The smallest absolute Gasteiger partial charge is 0.310 e. The molecule has 1 aromatic carbocycles. The van der Waals surface area contributed by atoms with Crippen molar-refractivity contribution in [2.45, 2.75) is 59.6 Å². The van der Waals surface area contributed by atoms with Crippen molar-refractivity contribution in [1.82, 2.24) is 5.32 Å². The highest BCUT2D eigenvalue weighted by Gasteiger charge is 2.37. The number of rotatable bonds is 9. The Morgan fingerprint density at radius 1 is 1.00 bits per heavy atom.